The van der Waals surface area contributed by atoms with Crippen molar-refractivity contribution < 1.29 is 4.74 Å². The van der Waals surface area contributed by atoms with E-state index in [0.29, 0.717) is 0 Å². The zero-order valence-electron chi connectivity index (χ0n) is 12.1. The van der Waals surface area contributed by atoms with Crippen LogP contribution in [-0.2, 0) is 6.54 Å². The van der Waals surface area contributed by atoms with Crippen LogP contribution >= 0.6 is 0 Å². The van der Waals surface area contributed by atoms with E-state index in [1.807, 2.05) is 6.07 Å². The van der Waals surface area contributed by atoms with Crippen LogP contribution < -0.4 is 10.2 Å². The molecule has 0 spiro atoms. The van der Waals surface area contributed by atoms with Crippen LogP contribution in [0.25, 0.3) is 10.8 Å². The van der Waals surface area contributed by atoms with Crippen LogP contribution in [0.1, 0.15) is 24.8 Å². The summed E-state index contributed by atoms with van der Waals surface area (Å²) in [6, 6.07) is 12.8. The molecule has 3 heteroatoms. The SMILES string of the molecule is COc1ccc2cc(CNN3CCCCC3)ccc2c1. The third-order valence-electron chi connectivity index (χ3n) is 3.97. The van der Waals surface area contributed by atoms with Crippen LogP contribution in [0.2, 0.25) is 0 Å². The van der Waals surface area contributed by atoms with Crippen molar-refractivity contribution in [1.82, 2.24) is 10.4 Å². The van der Waals surface area contributed by atoms with Gasteiger partial charge in [-0.05, 0) is 47.4 Å². The number of nitrogens with zero attached hydrogens (tertiary/aromatic N) is 1. The summed E-state index contributed by atoms with van der Waals surface area (Å²) in [5.41, 5.74) is 4.86. The summed E-state index contributed by atoms with van der Waals surface area (Å²) in [5.74, 6) is 0.914. The van der Waals surface area contributed by atoms with Crippen molar-refractivity contribution in [1.29, 1.82) is 0 Å². The maximum Gasteiger partial charge on any atom is 0.119 e. The molecule has 0 aromatic heterocycles. The number of hydrogen-bond acceptors (Lipinski definition) is 3. The standard InChI is InChI=1S/C17H22N2O/c1-20-17-8-7-15-11-14(5-6-16(15)12-17)13-18-19-9-3-2-4-10-19/h5-8,11-12,18H,2-4,9-10,13H2,1H3. The fourth-order valence-corrected chi connectivity index (χ4v) is 2.77. The van der Waals surface area contributed by atoms with Crippen molar-refractivity contribution in [2.45, 2.75) is 25.8 Å². The van der Waals surface area contributed by atoms with Gasteiger partial charge in [0, 0.05) is 19.6 Å². The number of hydrogen-bond donors (Lipinski definition) is 1. The van der Waals surface area contributed by atoms with E-state index in [-0.39, 0.29) is 0 Å². The number of hydrazine groups is 1. The Hall–Kier alpha value is -1.58. The molecule has 1 N–H and O–H groups in total. The third-order valence-corrected chi connectivity index (χ3v) is 3.97. The Morgan fingerprint density at radius 3 is 2.55 bits per heavy atom. The number of fused-ring (bicyclic) bond motifs is 1. The number of piperidine rings is 1. The number of benzene rings is 2. The Balaban J connectivity index is 1.69. The largest absolute Gasteiger partial charge is 0.497 e. The average Bonchev–Trinajstić information content (AvgIpc) is 2.53. The van der Waals surface area contributed by atoms with Crippen molar-refractivity contribution in [3.63, 3.8) is 0 Å². The van der Waals surface area contributed by atoms with Gasteiger partial charge in [-0.25, -0.2) is 5.01 Å². The minimum atomic E-state index is 0.905. The highest BCUT2D eigenvalue weighted by atomic mass is 16.5. The fourth-order valence-electron chi connectivity index (χ4n) is 2.77. The molecule has 0 amide bonds. The molecular formula is C17H22N2O. The molecule has 2 aromatic rings. The van der Waals surface area contributed by atoms with E-state index in [4.69, 9.17) is 4.74 Å². The Morgan fingerprint density at radius 2 is 1.75 bits per heavy atom. The van der Waals surface area contributed by atoms with Crippen LogP contribution in [0.5, 0.6) is 5.75 Å². The third kappa shape index (κ3) is 3.11. The highest BCUT2D eigenvalue weighted by molar-refractivity contribution is 5.84. The van der Waals surface area contributed by atoms with Crippen LogP contribution in [-0.4, -0.2) is 25.2 Å². The van der Waals surface area contributed by atoms with Gasteiger partial charge in [-0.1, -0.05) is 24.6 Å². The van der Waals surface area contributed by atoms with Gasteiger partial charge in [0.15, 0.2) is 0 Å². The highest BCUT2D eigenvalue weighted by Crippen LogP contribution is 2.21. The van der Waals surface area contributed by atoms with Crippen LogP contribution in [0, 0.1) is 0 Å². The first-order valence-corrected chi connectivity index (χ1v) is 7.40. The number of nitrogens with one attached hydrogen (secondary N) is 1. The van der Waals surface area contributed by atoms with Crippen molar-refractivity contribution in [3.05, 3.63) is 42.0 Å². The molecule has 0 aliphatic carbocycles. The van der Waals surface area contributed by atoms with Gasteiger partial charge in [-0.15, -0.1) is 0 Å². The molecule has 1 heterocycles. The highest BCUT2D eigenvalue weighted by Gasteiger charge is 2.09. The number of ether oxygens (including phenoxy) is 1. The van der Waals surface area contributed by atoms with E-state index < -0.39 is 0 Å². The van der Waals surface area contributed by atoms with E-state index in [2.05, 4.69) is 40.8 Å². The maximum absolute atomic E-state index is 5.26. The van der Waals surface area contributed by atoms with Gasteiger partial charge in [0.2, 0.25) is 0 Å². The summed E-state index contributed by atoms with van der Waals surface area (Å²) >= 11 is 0. The van der Waals surface area contributed by atoms with E-state index >= 15 is 0 Å². The predicted molar refractivity (Wildman–Crippen MR) is 82.8 cm³/mol. The molecule has 0 unspecified atom stereocenters. The molecule has 1 aliphatic heterocycles. The summed E-state index contributed by atoms with van der Waals surface area (Å²) in [5, 5.41) is 4.84. The van der Waals surface area contributed by atoms with Gasteiger partial charge in [0.1, 0.15) is 5.75 Å². The van der Waals surface area contributed by atoms with E-state index in [1.165, 1.54) is 48.7 Å². The molecule has 0 saturated carbocycles. The predicted octanol–water partition coefficient (Wildman–Crippen LogP) is 3.34. The maximum atomic E-state index is 5.26. The van der Waals surface area contributed by atoms with Gasteiger partial charge >= 0.3 is 0 Å². The first-order chi connectivity index (χ1) is 9.85. The molecule has 3 rings (SSSR count). The minimum Gasteiger partial charge on any atom is -0.497 e. The average molecular weight is 270 g/mol. The van der Waals surface area contributed by atoms with E-state index in [9.17, 15) is 0 Å². The topological polar surface area (TPSA) is 24.5 Å². The van der Waals surface area contributed by atoms with Crippen LogP contribution in [0.3, 0.4) is 0 Å². The first kappa shape index (κ1) is 13.4. The summed E-state index contributed by atoms with van der Waals surface area (Å²) in [6.45, 7) is 3.25. The number of methoxy groups -OCH3 is 1. The minimum absolute atomic E-state index is 0.905. The first-order valence-electron chi connectivity index (χ1n) is 7.40. The smallest absolute Gasteiger partial charge is 0.119 e. The molecule has 1 fully saturated rings. The molecule has 2 aromatic carbocycles. The second-order valence-electron chi connectivity index (χ2n) is 5.43. The molecule has 0 radical (unpaired) electrons. The second-order valence-corrected chi connectivity index (χ2v) is 5.43. The van der Waals surface area contributed by atoms with Crippen LogP contribution in [0.15, 0.2) is 36.4 Å². The zero-order valence-corrected chi connectivity index (χ0v) is 12.1. The normalized spacial score (nSPS) is 16.4. The second kappa shape index (κ2) is 6.25. The Kier molecular flexibility index (Phi) is 4.19. The molecule has 20 heavy (non-hydrogen) atoms. The monoisotopic (exact) mass is 270 g/mol. The Labute approximate surface area is 120 Å². The Morgan fingerprint density at radius 1 is 1.00 bits per heavy atom. The molecular weight excluding hydrogens is 248 g/mol. The van der Waals surface area contributed by atoms with Crippen molar-refractivity contribution >= 4 is 10.8 Å². The summed E-state index contributed by atoms with van der Waals surface area (Å²) in [6.07, 6.45) is 3.99. The molecule has 1 aliphatic rings. The lowest BCUT2D eigenvalue weighted by Gasteiger charge is -2.27. The van der Waals surface area contributed by atoms with Gasteiger partial charge < -0.3 is 4.74 Å². The van der Waals surface area contributed by atoms with Crippen LogP contribution in [0.4, 0.5) is 0 Å². The Bertz CT molecular complexity index is 576. The zero-order chi connectivity index (χ0) is 13.8. The van der Waals surface area contributed by atoms with Crippen molar-refractivity contribution in [2.75, 3.05) is 20.2 Å². The van der Waals surface area contributed by atoms with Gasteiger partial charge in [-0.3, -0.25) is 5.43 Å². The fraction of sp³-hybridized carbons (Fsp3) is 0.412. The van der Waals surface area contributed by atoms with Gasteiger partial charge in [0.25, 0.3) is 0 Å². The van der Waals surface area contributed by atoms with E-state index in [0.717, 1.165) is 12.3 Å². The molecule has 0 bridgehead atoms. The quantitative estimate of drug-likeness (QED) is 0.922. The number of rotatable bonds is 4. The van der Waals surface area contributed by atoms with Crippen molar-refractivity contribution in [3.8, 4) is 5.75 Å². The molecule has 106 valence electrons. The molecule has 1 saturated heterocycles. The summed E-state index contributed by atoms with van der Waals surface area (Å²) in [7, 11) is 1.71. The van der Waals surface area contributed by atoms with Crippen molar-refractivity contribution in [2.24, 2.45) is 0 Å². The lowest BCUT2D eigenvalue weighted by molar-refractivity contribution is 0.151. The summed E-state index contributed by atoms with van der Waals surface area (Å²) < 4.78 is 5.26. The van der Waals surface area contributed by atoms with Gasteiger partial charge in [0.05, 0.1) is 7.11 Å². The van der Waals surface area contributed by atoms with Gasteiger partial charge in [-0.2, -0.15) is 0 Å². The molecule has 3 nitrogen and oxygen atoms in total. The molecule has 0 atom stereocenters. The lowest BCUT2D eigenvalue weighted by atomic mass is 10.1. The van der Waals surface area contributed by atoms with E-state index in [1.54, 1.807) is 7.11 Å². The summed E-state index contributed by atoms with van der Waals surface area (Å²) in [4.78, 5) is 0. The lowest BCUT2D eigenvalue weighted by Crippen LogP contribution is -2.41.